The molecule has 0 aromatic carbocycles. The van der Waals surface area contributed by atoms with E-state index in [2.05, 4.69) is 4.90 Å². The molecule has 0 saturated carbocycles. The maximum absolute atomic E-state index is 12.5. The molecule has 2 aliphatic rings. The summed E-state index contributed by atoms with van der Waals surface area (Å²) < 4.78 is 5.29. The number of rotatable bonds is 3. The molecule has 2 heterocycles. The zero-order valence-electron chi connectivity index (χ0n) is 13.9. The second-order valence-electron chi connectivity index (χ2n) is 6.20. The Morgan fingerprint density at radius 1 is 0.955 bits per heavy atom. The van der Waals surface area contributed by atoms with Crippen LogP contribution in [0.15, 0.2) is 11.6 Å². The summed E-state index contributed by atoms with van der Waals surface area (Å²) in [5.41, 5.74) is 1.02. The van der Waals surface area contributed by atoms with E-state index >= 15 is 0 Å². The van der Waals surface area contributed by atoms with Gasteiger partial charge >= 0.3 is 0 Å². The van der Waals surface area contributed by atoms with Gasteiger partial charge in [0.15, 0.2) is 0 Å². The average molecular weight is 309 g/mol. The summed E-state index contributed by atoms with van der Waals surface area (Å²) >= 11 is 0. The van der Waals surface area contributed by atoms with Crippen LogP contribution in [-0.2, 0) is 14.3 Å². The third-order valence-corrected chi connectivity index (χ3v) is 4.27. The molecular weight excluding hydrogens is 282 g/mol. The normalized spacial score (nSPS) is 21.4. The third kappa shape index (κ3) is 4.30. The van der Waals surface area contributed by atoms with Crippen molar-refractivity contribution in [3.63, 3.8) is 0 Å². The van der Waals surface area contributed by atoms with Gasteiger partial charge in [-0.2, -0.15) is 0 Å². The quantitative estimate of drug-likeness (QED) is 0.706. The van der Waals surface area contributed by atoms with Gasteiger partial charge in [0.1, 0.15) is 0 Å². The topological polar surface area (TPSA) is 53.1 Å². The Morgan fingerprint density at radius 2 is 1.55 bits per heavy atom. The van der Waals surface area contributed by atoms with E-state index in [0.717, 1.165) is 18.7 Å². The van der Waals surface area contributed by atoms with Gasteiger partial charge in [0.05, 0.1) is 19.3 Å². The fraction of sp³-hybridized carbons (Fsp3) is 0.750. The zero-order valence-corrected chi connectivity index (χ0v) is 13.9. The largest absolute Gasteiger partial charge is 0.378 e. The number of hydrogen-bond donors (Lipinski definition) is 0. The summed E-state index contributed by atoms with van der Waals surface area (Å²) in [6.45, 7) is 11.3. The molecule has 6 nitrogen and oxygen atoms in total. The van der Waals surface area contributed by atoms with Crippen molar-refractivity contribution in [2.24, 2.45) is 0 Å². The van der Waals surface area contributed by atoms with E-state index < -0.39 is 0 Å². The molecule has 0 unspecified atom stereocenters. The Bertz CT molecular complexity index is 432. The van der Waals surface area contributed by atoms with E-state index in [1.807, 2.05) is 30.6 Å². The van der Waals surface area contributed by atoms with Crippen LogP contribution in [0.4, 0.5) is 0 Å². The van der Waals surface area contributed by atoms with E-state index in [0.29, 0.717) is 39.4 Å². The highest BCUT2D eigenvalue weighted by molar-refractivity contribution is 5.88. The second-order valence-corrected chi connectivity index (χ2v) is 6.20. The Hall–Kier alpha value is -1.40. The summed E-state index contributed by atoms with van der Waals surface area (Å²) in [4.78, 5) is 30.4. The van der Waals surface area contributed by atoms with Crippen LogP contribution >= 0.6 is 0 Å². The fourth-order valence-corrected chi connectivity index (χ4v) is 2.87. The maximum atomic E-state index is 12.5. The average Bonchev–Trinajstić information content (AvgIpc) is 2.54. The van der Waals surface area contributed by atoms with Crippen LogP contribution in [0.2, 0.25) is 0 Å². The molecule has 2 amide bonds. The lowest BCUT2D eigenvalue weighted by molar-refractivity contribution is -0.141. The molecule has 0 aromatic heterocycles. The molecule has 22 heavy (non-hydrogen) atoms. The SMILES string of the molecule is CC(C)=CC(=O)N1CCN([C@H](C)C(=O)N2CCOCC2)CC1. The van der Waals surface area contributed by atoms with E-state index in [1.54, 1.807) is 6.08 Å². The van der Waals surface area contributed by atoms with Gasteiger partial charge in [-0.3, -0.25) is 14.5 Å². The number of hydrogen-bond acceptors (Lipinski definition) is 4. The van der Waals surface area contributed by atoms with Crippen molar-refractivity contribution in [1.82, 2.24) is 14.7 Å². The van der Waals surface area contributed by atoms with Crippen molar-refractivity contribution in [3.8, 4) is 0 Å². The van der Waals surface area contributed by atoms with Crippen LogP contribution in [0.25, 0.3) is 0 Å². The van der Waals surface area contributed by atoms with Gasteiger partial charge in [0.2, 0.25) is 11.8 Å². The van der Waals surface area contributed by atoms with Gasteiger partial charge in [-0.1, -0.05) is 5.57 Å². The molecule has 2 saturated heterocycles. The molecule has 0 bridgehead atoms. The number of ether oxygens (including phenoxy) is 1. The monoisotopic (exact) mass is 309 g/mol. The highest BCUT2D eigenvalue weighted by Gasteiger charge is 2.30. The maximum Gasteiger partial charge on any atom is 0.246 e. The lowest BCUT2D eigenvalue weighted by Crippen LogP contribution is -2.56. The molecule has 0 aliphatic carbocycles. The van der Waals surface area contributed by atoms with E-state index in [9.17, 15) is 9.59 Å². The predicted molar refractivity (Wildman–Crippen MR) is 84.4 cm³/mol. The van der Waals surface area contributed by atoms with E-state index in [1.165, 1.54) is 0 Å². The molecule has 1 atom stereocenters. The summed E-state index contributed by atoms with van der Waals surface area (Å²) in [5.74, 6) is 0.249. The zero-order chi connectivity index (χ0) is 16.1. The van der Waals surface area contributed by atoms with E-state index in [4.69, 9.17) is 4.74 Å². The first-order valence-corrected chi connectivity index (χ1v) is 8.03. The van der Waals surface area contributed by atoms with Crippen LogP contribution in [0.5, 0.6) is 0 Å². The number of piperazine rings is 1. The molecule has 0 N–H and O–H groups in total. The molecule has 0 radical (unpaired) electrons. The number of nitrogens with zero attached hydrogens (tertiary/aromatic N) is 3. The number of carbonyl (C=O) groups is 2. The van der Waals surface area contributed by atoms with Gasteiger partial charge in [-0.25, -0.2) is 0 Å². The smallest absolute Gasteiger partial charge is 0.246 e. The fourth-order valence-electron chi connectivity index (χ4n) is 2.87. The van der Waals surface area contributed by atoms with Crippen LogP contribution in [0, 0.1) is 0 Å². The van der Waals surface area contributed by atoms with Crippen molar-refractivity contribution in [2.45, 2.75) is 26.8 Å². The van der Waals surface area contributed by atoms with Gasteiger partial charge in [0.25, 0.3) is 0 Å². The van der Waals surface area contributed by atoms with Crippen molar-refractivity contribution in [3.05, 3.63) is 11.6 Å². The number of allylic oxidation sites excluding steroid dienone is 1. The first-order chi connectivity index (χ1) is 10.5. The summed E-state index contributed by atoms with van der Waals surface area (Å²) in [6.07, 6.45) is 1.68. The van der Waals surface area contributed by atoms with Crippen molar-refractivity contribution < 1.29 is 14.3 Å². The third-order valence-electron chi connectivity index (χ3n) is 4.27. The van der Waals surface area contributed by atoms with Crippen molar-refractivity contribution >= 4 is 11.8 Å². The number of amides is 2. The van der Waals surface area contributed by atoms with Gasteiger partial charge in [-0.15, -0.1) is 0 Å². The highest BCUT2D eigenvalue weighted by Crippen LogP contribution is 2.11. The van der Waals surface area contributed by atoms with Gasteiger partial charge < -0.3 is 14.5 Å². The van der Waals surface area contributed by atoms with Crippen molar-refractivity contribution in [1.29, 1.82) is 0 Å². The Balaban J connectivity index is 1.84. The molecule has 2 fully saturated rings. The van der Waals surface area contributed by atoms with Crippen LogP contribution < -0.4 is 0 Å². The number of carbonyl (C=O) groups excluding carboxylic acids is 2. The van der Waals surface area contributed by atoms with Gasteiger partial charge in [-0.05, 0) is 20.8 Å². The molecule has 2 rings (SSSR count). The second kappa shape index (κ2) is 7.74. The summed E-state index contributed by atoms with van der Waals surface area (Å²) in [5, 5.41) is 0. The minimum absolute atomic E-state index is 0.0757. The van der Waals surface area contributed by atoms with Crippen LogP contribution in [0.1, 0.15) is 20.8 Å². The van der Waals surface area contributed by atoms with Crippen LogP contribution in [0.3, 0.4) is 0 Å². The molecule has 124 valence electrons. The predicted octanol–water partition coefficient (Wildman–Crippen LogP) is 0.344. The Kier molecular flexibility index (Phi) is 5.97. The first kappa shape index (κ1) is 17.0. The van der Waals surface area contributed by atoms with Crippen molar-refractivity contribution in [2.75, 3.05) is 52.5 Å². The molecular formula is C16H27N3O3. The summed E-state index contributed by atoms with van der Waals surface area (Å²) in [7, 11) is 0. The first-order valence-electron chi connectivity index (χ1n) is 8.03. The minimum atomic E-state index is -0.126. The highest BCUT2D eigenvalue weighted by atomic mass is 16.5. The summed E-state index contributed by atoms with van der Waals surface area (Å²) in [6, 6.07) is -0.126. The lowest BCUT2D eigenvalue weighted by atomic mass is 10.2. The molecule has 0 spiro atoms. The molecule has 0 aromatic rings. The number of morpholine rings is 1. The minimum Gasteiger partial charge on any atom is -0.378 e. The van der Waals surface area contributed by atoms with Crippen LogP contribution in [-0.4, -0.2) is 85.0 Å². The Morgan fingerprint density at radius 3 is 2.09 bits per heavy atom. The van der Waals surface area contributed by atoms with E-state index in [-0.39, 0.29) is 17.9 Å². The molecule has 6 heteroatoms. The standard InChI is InChI=1S/C16H27N3O3/c1-13(2)12-15(20)18-6-4-17(5-7-18)14(3)16(21)19-8-10-22-11-9-19/h12,14H,4-11H2,1-3H3/t14-/m1/s1. The molecule has 2 aliphatic heterocycles. The Labute approximate surface area is 132 Å². The lowest BCUT2D eigenvalue weighted by Gasteiger charge is -2.39. The van der Waals surface area contributed by atoms with Gasteiger partial charge in [0, 0.05) is 45.3 Å².